The number of rotatable bonds is 1. The van der Waals surface area contributed by atoms with Crippen LogP contribution in [0.1, 0.15) is 30.9 Å². The molecular weight excluding hydrogens is 162 g/mol. The van der Waals surface area contributed by atoms with Gasteiger partial charge < -0.3 is 4.40 Å². The molecule has 0 unspecified atom stereocenters. The minimum atomic E-state index is 0.708. The van der Waals surface area contributed by atoms with Crippen LogP contribution in [-0.4, -0.2) is 14.4 Å². The van der Waals surface area contributed by atoms with Crippen LogP contribution in [0.3, 0.4) is 0 Å². The van der Waals surface area contributed by atoms with E-state index >= 15 is 0 Å². The lowest BCUT2D eigenvalue weighted by Gasteiger charge is -2.22. The van der Waals surface area contributed by atoms with E-state index in [9.17, 15) is 0 Å². The quantitative estimate of drug-likeness (QED) is 0.660. The smallest absolute Gasteiger partial charge is 0.155 e. The first-order chi connectivity index (χ1) is 6.43. The van der Waals surface area contributed by atoms with Gasteiger partial charge in [-0.1, -0.05) is 6.42 Å². The first-order valence-electron chi connectivity index (χ1n) is 4.72. The normalized spacial score (nSPS) is 17.5. The van der Waals surface area contributed by atoms with Crippen molar-refractivity contribution in [1.29, 1.82) is 0 Å². The second kappa shape index (κ2) is 2.55. The van der Waals surface area contributed by atoms with Gasteiger partial charge in [-0.05, 0) is 12.8 Å². The Morgan fingerprint density at radius 1 is 1.38 bits per heavy atom. The molecule has 2 aromatic rings. The highest BCUT2D eigenvalue weighted by atomic mass is 15.0. The monoisotopic (exact) mass is 173 g/mol. The summed E-state index contributed by atoms with van der Waals surface area (Å²) in [6, 6.07) is 0. The molecule has 0 N–H and O–H groups in total. The molecule has 0 atom stereocenters. The third-order valence-electron chi connectivity index (χ3n) is 2.81. The van der Waals surface area contributed by atoms with Crippen LogP contribution in [0.5, 0.6) is 0 Å². The Kier molecular flexibility index (Phi) is 1.39. The summed E-state index contributed by atoms with van der Waals surface area (Å²) in [5.74, 6) is 0.708. The van der Waals surface area contributed by atoms with Crippen molar-refractivity contribution in [3.05, 3.63) is 30.5 Å². The first-order valence-corrected chi connectivity index (χ1v) is 4.72. The van der Waals surface area contributed by atoms with Crippen molar-refractivity contribution in [3.8, 4) is 0 Å². The van der Waals surface area contributed by atoms with Crippen LogP contribution < -0.4 is 0 Å². The summed E-state index contributed by atoms with van der Waals surface area (Å²) in [5.41, 5.74) is 2.20. The maximum absolute atomic E-state index is 4.54. The van der Waals surface area contributed by atoms with Crippen LogP contribution in [-0.2, 0) is 0 Å². The van der Waals surface area contributed by atoms with Gasteiger partial charge in [0, 0.05) is 24.5 Å². The van der Waals surface area contributed by atoms with Gasteiger partial charge in [-0.15, -0.1) is 0 Å². The molecule has 1 aliphatic carbocycles. The van der Waals surface area contributed by atoms with Crippen molar-refractivity contribution in [2.45, 2.75) is 25.2 Å². The fourth-order valence-corrected chi connectivity index (χ4v) is 1.76. The van der Waals surface area contributed by atoms with Crippen LogP contribution >= 0.6 is 0 Å². The zero-order valence-electron chi connectivity index (χ0n) is 7.35. The number of nitrogens with zero attached hydrogens (tertiary/aromatic N) is 3. The molecule has 66 valence electrons. The van der Waals surface area contributed by atoms with Crippen molar-refractivity contribution in [3.63, 3.8) is 0 Å². The van der Waals surface area contributed by atoms with Crippen molar-refractivity contribution in [2.75, 3.05) is 0 Å². The number of imidazole rings is 1. The van der Waals surface area contributed by atoms with Gasteiger partial charge in [-0.25, -0.2) is 4.98 Å². The minimum Gasteiger partial charge on any atom is -0.304 e. The third-order valence-corrected chi connectivity index (χ3v) is 2.81. The van der Waals surface area contributed by atoms with Crippen molar-refractivity contribution in [2.24, 2.45) is 0 Å². The van der Waals surface area contributed by atoms with Gasteiger partial charge in [0.25, 0.3) is 0 Å². The Balaban J connectivity index is 2.10. The fraction of sp³-hybridized carbons (Fsp3) is 0.400. The molecule has 13 heavy (non-hydrogen) atoms. The lowest BCUT2D eigenvalue weighted by atomic mass is 9.83. The summed E-state index contributed by atoms with van der Waals surface area (Å²) in [6.45, 7) is 0. The maximum Gasteiger partial charge on any atom is 0.155 e. The standard InChI is InChI=1S/C10H11N3/c1-2-8(3-1)9-7-13-5-4-11-6-10(13)12-9/h4-8H,1-3H2. The van der Waals surface area contributed by atoms with Crippen molar-refractivity contribution in [1.82, 2.24) is 14.4 Å². The van der Waals surface area contributed by atoms with Crippen LogP contribution in [0.15, 0.2) is 24.8 Å². The van der Waals surface area contributed by atoms with E-state index in [1.54, 1.807) is 6.20 Å². The molecule has 0 amide bonds. The number of hydrogen-bond acceptors (Lipinski definition) is 2. The van der Waals surface area contributed by atoms with Gasteiger partial charge in [-0.3, -0.25) is 4.98 Å². The first kappa shape index (κ1) is 7.06. The average Bonchev–Trinajstić information content (AvgIpc) is 2.43. The van der Waals surface area contributed by atoms with E-state index in [4.69, 9.17) is 0 Å². The molecule has 2 aromatic heterocycles. The van der Waals surface area contributed by atoms with E-state index in [0.29, 0.717) is 5.92 Å². The summed E-state index contributed by atoms with van der Waals surface area (Å²) in [7, 11) is 0. The van der Waals surface area contributed by atoms with Crippen LogP contribution in [0.2, 0.25) is 0 Å². The molecule has 1 aliphatic rings. The molecule has 0 saturated heterocycles. The van der Waals surface area contributed by atoms with Gasteiger partial charge in [-0.2, -0.15) is 0 Å². The van der Waals surface area contributed by atoms with Gasteiger partial charge in [0.05, 0.1) is 11.9 Å². The highest BCUT2D eigenvalue weighted by molar-refractivity contribution is 5.37. The van der Waals surface area contributed by atoms with E-state index in [-0.39, 0.29) is 0 Å². The van der Waals surface area contributed by atoms with Crippen LogP contribution in [0, 0.1) is 0 Å². The minimum absolute atomic E-state index is 0.708. The second-order valence-electron chi connectivity index (χ2n) is 3.64. The second-order valence-corrected chi connectivity index (χ2v) is 3.64. The van der Waals surface area contributed by atoms with Crippen LogP contribution in [0.4, 0.5) is 0 Å². The molecule has 3 heteroatoms. The molecule has 0 aromatic carbocycles. The van der Waals surface area contributed by atoms with Crippen LogP contribution in [0.25, 0.3) is 5.65 Å². The summed E-state index contributed by atoms with van der Waals surface area (Å²) < 4.78 is 2.04. The molecule has 1 fully saturated rings. The molecule has 2 heterocycles. The molecule has 3 rings (SSSR count). The molecule has 3 nitrogen and oxygen atoms in total. The highest BCUT2D eigenvalue weighted by Crippen LogP contribution is 2.35. The summed E-state index contributed by atoms with van der Waals surface area (Å²) in [5, 5.41) is 0. The average molecular weight is 173 g/mol. The van der Waals surface area contributed by atoms with E-state index in [2.05, 4.69) is 16.2 Å². The molecular formula is C10H11N3. The number of fused-ring (bicyclic) bond motifs is 1. The summed E-state index contributed by atoms with van der Waals surface area (Å²) in [6.07, 6.45) is 11.6. The van der Waals surface area contributed by atoms with E-state index in [1.807, 2.05) is 16.8 Å². The SMILES string of the molecule is c1cn2cc(C3CCC3)nc2cn1. The van der Waals surface area contributed by atoms with E-state index in [1.165, 1.54) is 25.0 Å². The number of hydrogen-bond donors (Lipinski definition) is 0. The summed E-state index contributed by atoms with van der Waals surface area (Å²) >= 11 is 0. The van der Waals surface area contributed by atoms with Gasteiger partial charge >= 0.3 is 0 Å². The van der Waals surface area contributed by atoms with E-state index in [0.717, 1.165) is 5.65 Å². The highest BCUT2D eigenvalue weighted by Gasteiger charge is 2.21. The molecule has 0 radical (unpaired) electrons. The Labute approximate surface area is 76.4 Å². The van der Waals surface area contributed by atoms with Gasteiger partial charge in [0.1, 0.15) is 0 Å². The van der Waals surface area contributed by atoms with Gasteiger partial charge in [0.2, 0.25) is 0 Å². The molecule has 0 spiro atoms. The topological polar surface area (TPSA) is 30.2 Å². The predicted molar refractivity (Wildman–Crippen MR) is 49.6 cm³/mol. The number of aromatic nitrogens is 3. The lowest BCUT2D eigenvalue weighted by Crippen LogP contribution is -2.08. The van der Waals surface area contributed by atoms with E-state index < -0.39 is 0 Å². The summed E-state index contributed by atoms with van der Waals surface area (Å²) in [4.78, 5) is 8.58. The Morgan fingerprint density at radius 2 is 2.31 bits per heavy atom. The Bertz CT molecular complexity index is 395. The molecule has 0 aliphatic heterocycles. The largest absolute Gasteiger partial charge is 0.304 e. The Morgan fingerprint density at radius 3 is 3.00 bits per heavy atom. The Hall–Kier alpha value is -1.38. The molecule has 1 saturated carbocycles. The maximum atomic E-state index is 4.54. The zero-order valence-corrected chi connectivity index (χ0v) is 7.35. The van der Waals surface area contributed by atoms with Crippen molar-refractivity contribution < 1.29 is 0 Å². The molecule has 0 bridgehead atoms. The van der Waals surface area contributed by atoms with Gasteiger partial charge in [0.15, 0.2) is 5.65 Å². The zero-order chi connectivity index (χ0) is 8.67. The predicted octanol–water partition coefficient (Wildman–Crippen LogP) is 2.00. The lowest BCUT2D eigenvalue weighted by molar-refractivity contribution is 0.412. The third kappa shape index (κ3) is 1.03. The fourth-order valence-electron chi connectivity index (χ4n) is 1.76. The van der Waals surface area contributed by atoms with Crippen molar-refractivity contribution >= 4 is 5.65 Å².